The van der Waals surface area contributed by atoms with Gasteiger partial charge in [-0.15, -0.1) is 0 Å². The van der Waals surface area contributed by atoms with Crippen LogP contribution in [-0.2, 0) is 0 Å². The Labute approximate surface area is 110 Å². The normalized spacial score (nSPS) is 30.4. The van der Waals surface area contributed by atoms with Gasteiger partial charge in [0.1, 0.15) is 5.76 Å². The minimum atomic E-state index is 0.332. The van der Waals surface area contributed by atoms with Gasteiger partial charge in [-0.05, 0) is 51.9 Å². The predicted molar refractivity (Wildman–Crippen MR) is 73.5 cm³/mol. The molecule has 1 aromatic heterocycles. The summed E-state index contributed by atoms with van der Waals surface area (Å²) in [6, 6.07) is 0.964. The molecule has 0 aliphatic heterocycles. The lowest BCUT2D eigenvalue weighted by atomic mass is 9.80. The van der Waals surface area contributed by atoms with Crippen molar-refractivity contribution in [1.82, 2.24) is 10.5 Å². The van der Waals surface area contributed by atoms with Crippen LogP contribution in [0, 0.1) is 25.7 Å². The highest BCUT2D eigenvalue weighted by Gasteiger charge is 2.26. The van der Waals surface area contributed by atoms with Crippen molar-refractivity contribution in [2.75, 3.05) is 0 Å². The zero-order chi connectivity index (χ0) is 13.3. The van der Waals surface area contributed by atoms with Gasteiger partial charge in [-0.25, -0.2) is 0 Å². The summed E-state index contributed by atoms with van der Waals surface area (Å²) in [5.74, 6) is 2.62. The Morgan fingerprint density at radius 1 is 1.17 bits per heavy atom. The molecule has 0 radical (unpaired) electrons. The summed E-state index contributed by atoms with van der Waals surface area (Å²) >= 11 is 0. The highest BCUT2D eigenvalue weighted by molar-refractivity contribution is 5.24. The van der Waals surface area contributed by atoms with E-state index in [4.69, 9.17) is 4.52 Å². The molecule has 0 bridgehead atoms. The smallest absolute Gasteiger partial charge is 0.138 e. The van der Waals surface area contributed by atoms with Gasteiger partial charge < -0.3 is 9.84 Å². The number of rotatable bonds is 3. The van der Waals surface area contributed by atoms with Gasteiger partial charge in [0.25, 0.3) is 0 Å². The van der Waals surface area contributed by atoms with Crippen molar-refractivity contribution in [3.05, 3.63) is 17.0 Å². The second kappa shape index (κ2) is 5.43. The van der Waals surface area contributed by atoms with Crippen LogP contribution in [0.3, 0.4) is 0 Å². The number of hydrogen-bond donors (Lipinski definition) is 1. The monoisotopic (exact) mass is 250 g/mol. The maximum atomic E-state index is 5.26. The van der Waals surface area contributed by atoms with Crippen molar-refractivity contribution < 1.29 is 4.52 Å². The molecule has 102 valence electrons. The van der Waals surface area contributed by atoms with E-state index < -0.39 is 0 Å². The zero-order valence-electron chi connectivity index (χ0n) is 12.3. The molecule has 0 spiro atoms. The molecular weight excluding hydrogens is 224 g/mol. The van der Waals surface area contributed by atoms with Crippen LogP contribution in [-0.4, -0.2) is 11.2 Å². The van der Waals surface area contributed by atoms with Gasteiger partial charge in [-0.2, -0.15) is 0 Å². The summed E-state index contributed by atoms with van der Waals surface area (Å²) < 4.78 is 5.26. The zero-order valence-corrected chi connectivity index (χ0v) is 12.3. The molecule has 0 amide bonds. The molecule has 1 aliphatic carbocycles. The summed E-state index contributed by atoms with van der Waals surface area (Å²) in [7, 11) is 0. The number of aromatic nitrogens is 1. The van der Waals surface area contributed by atoms with E-state index in [9.17, 15) is 0 Å². The third-order valence-electron chi connectivity index (χ3n) is 4.19. The average Bonchev–Trinajstić information content (AvgIpc) is 2.56. The summed E-state index contributed by atoms with van der Waals surface area (Å²) in [6.45, 7) is 11.0. The van der Waals surface area contributed by atoms with Crippen LogP contribution in [0.1, 0.15) is 63.1 Å². The number of nitrogens with one attached hydrogen (secondary N) is 1. The molecule has 1 heterocycles. The van der Waals surface area contributed by atoms with Gasteiger partial charge in [0.2, 0.25) is 0 Å². The summed E-state index contributed by atoms with van der Waals surface area (Å²) in [5, 5.41) is 7.81. The molecule has 1 fully saturated rings. The molecule has 1 aromatic rings. The van der Waals surface area contributed by atoms with Gasteiger partial charge in [0.05, 0.1) is 5.69 Å². The lowest BCUT2D eigenvalue weighted by Gasteiger charge is -2.34. The fourth-order valence-electron chi connectivity index (χ4n) is 3.63. The first-order valence-corrected chi connectivity index (χ1v) is 7.16. The third kappa shape index (κ3) is 2.94. The molecule has 3 heteroatoms. The highest BCUT2D eigenvalue weighted by atomic mass is 16.5. The van der Waals surface area contributed by atoms with Gasteiger partial charge in [0, 0.05) is 17.6 Å². The Kier molecular flexibility index (Phi) is 4.10. The first-order valence-electron chi connectivity index (χ1n) is 7.16. The molecule has 0 aromatic carbocycles. The second-order valence-electron chi connectivity index (χ2n) is 6.24. The maximum Gasteiger partial charge on any atom is 0.138 e. The highest BCUT2D eigenvalue weighted by Crippen LogP contribution is 2.30. The Morgan fingerprint density at radius 3 is 2.28 bits per heavy atom. The molecule has 18 heavy (non-hydrogen) atoms. The Bertz CT molecular complexity index is 370. The van der Waals surface area contributed by atoms with Crippen molar-refractivity contribution in [3.63, 3.8) is 0 Å². The second-order valence-corrected chi connectivity index (χ2v) is 6.24. The lowest BCUT2D eigenvalue weighted by Crippen LogP contribution is -2.38. The molecule has 0 saturated heterocycles. The van der Waals surface area contributed by atoms with Crippen molar-refractivity contribution in [2.24, 2.45) is 11.8 Å². The largest absolute Gasteiger partial charge is 0.361 e. The Morgan fingerprint density at radius 2 is 1.78 bits per heavy atom. The molecule has 3 unspecified atom stereocenters. The molecule has 1 N–H and O–H groups in total. The molecule has 3 atom stereocenters. The molecule has 1 saturated carbocycles. The standard InChI is InChI=1S/C15H26N2O/c1-9-6-10(2)8-14(7-9)16-11(3)15-12(4)17-18-13(15)5/h9-11,14,16H,6-8H2,1-5H3. The molecular formula is C15H26N2O. The summed E-state index contributed by atoms with van der Waals surface area (Å²) in [4.78, 5) is 0. The summed E-state index contributed by atoms with van der Waals surface area (Å²) in [5.41, 5.74) is 2.25. The number of aryl methyl sites for hydroxylation is 2. The van der Waals surface area contributed by atoms with Gasteiger partial charge in [-0.1, -0.05) is 19.0 Å². The predicted octanol–water partition coefficient (Wildman–Crippen LogP) is 3.77. The lowest BCUT2D eigenvalue weighted by molar-refractivity contribution is 0.228. The van der Waals surface area contributed by atoms with E-state index in [1.165, 1.54) is 24.8 Å². The van der Waals surface area contributed by atoms with Crippen LogP contribution in [0.4, 0.5) is 0 Å². The first-order chi connectivity index (χ1) is 8.47. The summed E-state index contributed by atoms with van der Waals surface area (Å²) in [6.07, 6.45) is 3.95. The van der Waals surface area contributed by atoms with Crippen molar-refractivity contribution in [2.45, 2.75) is 66.0 Å². The topological polar surface area (TPSA) is 38.1 Å². The van der Waals surface area contributed by atoms with E-state index in [0.29, 0.717) is 12.1 Å². The van der Waals surface area contributed by atoms with Gasteiger partial charge in [-0.3, -0.25) is 0 Å². The Balaban J connectivity index is 2.01. The van der Waals surface area contributed by atoms with E-state index in [-0.39, 0.29) is 0 Å². The SMILES string of the molecule is Cc1noc(C)c1C(C)NC1CC(C)CC(C)C1. The van der Waals surface area contributed by atoms with E-state index in [2.05, 4.69) is 31.2 Å². The Hall–Kier alpha value is -0.830. The fourth-order valence-corrected chi connectivity index (χ4v) is 3.63. The van der Waals surface area contributed by atoms with Crippen molar-refractivity contribution in [3.8, 4) is 0 Å². The van der Waals surface area contributed by atoms with Gasteiger partial charge >= 0.3 is 0 Å². The van der Waals surface area contributed by atoms with Gasteiger partial charge in [0.15, 0.2) is 0 Å². The molecule has 2 rings (SSSR count). The van der Waals surface area contributed by atoms with Crippen LogP contribution in [0.25, 0.3) is 0 Å². The number of nitrogens with zero attached hydrogens (tertiary/aromatic N) is 1. The van der Waals surface area contributed by atoms with E-state index >= 15 is 0 Å². The minimum Gasteiger partial charge on any atom is -0.361 e. The minimum absolute atomic E-state index is 0.332. The van der Waals surface area contributed by atoms with Crippen molar-refractivity contribution in [1.29, 1.82) is 0 Å². The molecule has 3 nitrogen and oxygen atoms in total. The van der Waals surface area contributed by atoms with E-state index in [0.717, 1.165) is 23.3 Å². The van der Waals surface area contributed by atoms with Crippen LogP contribution in [0.15, 0.2) is 4.52 Å². The van der Waals surface area contributed by atoms with Crippen LogP contribution in [0.5, 0.6) is 0 Å². The van der Waals surface area contributed by atoms with Crippen molar-refractivity contribution >= 4 is 0 Å². The van der Waals surface area contributed by atoms with E-state index in [1.54, 1.807) is 0 Å². The third-order valence-corrected chi connectivity index (χ3v) is 4.19. The fraction of sp³-hybridized carbons (Fsp3) is 0.800. The number of hydrogen-bond acceptors (Lipinski definition) is 3. The van der Waals surface area contributed by atoms with Crippen LogP contribution < -0.4 is 5.32 Å². The molecule has 1 aliphatic rings. The maximum absolute atomic E-state index is 5.26. The van der Waals surface area contributed by atoms with Crippen LogP contribution >= 0.6 is 0 Å². The first kappa shape index (κ1) is 13.6. The quantitative estimate of drug-likeness (QED) is 0.887. The van der Waals surface area contributed by atoms with Crippen LogP contribution in [0.2, 0.25) is 0 Å². The van der Waals surface area contributed by atoms with E-state index in [1.807, 2.05) is 13.8 Å². The average molecular weight is 250 g/mol.